The number of benzene rings is 2. The summed E-state index contributed by atoms with van der Waals surface area (Å²) in [4.78, 5) is 78.1. The Morgan fingerprint density at radius 3 is 1.51 bits per heavy atom. The maximum Gasteiger partial charge on any atom is 0.256 e. The van der Waals surface area contributed by atoms with Crippen LogP contribution in [-0.2, 0) is 9.59 Å². The van der Waals surface area contributed by atoms with Crippen LogP contribution in [0.25, 0.3) is 44.6 Å². The summed E-state index contributed by atoms with van der Waals surface area (Å²) in [5.74, 6) is 1.21. The fourth-order valence-corrected chi connectivity index (χ4v) is 8.65. The second-order valence-electron chi connectivity index (χ2n) is 16.5. The van der Waals surface area contributed by atoms with Crippen molar-refractivity contribution in [2.45, 2.75) is 44.2 Å². The SMILES string of the molecule is C=CC(=O)N1CCC(n2nc(-c3ccc(C(=O)NC4=NC=CC4)cc3)c3c(N)ncnc32)CC1.C=CC(=O)N1CCC(n2nc(-c3ccc(C(=O)Nc4ccccn4)cc3)c3c(N)ncnc32)CC1. The van der Waals surface area contributed by atoms with Gasteiger partial charge in [-0.15, -0.1) is 0 Å². The number of carbonyl (C=O) groups excluding carboxylic acids is 4. The van der Waals surface area contributed by atoms with Gasteiger partial charge in [-0.25, -0.2) is 39.3 Å². The van der Waals surface area contributed by atoms with E-state index in [2.05, 4.69) is 53.7 Å². The van der Waals surface area contributed by atoms with E-state index in [1.807, 2.05) is 39.7 Å². The van der Waals surface area contributed by atoms with Gasteiger partial charge in [-0.05, 0) is 74.2 Å². The molecule has 0 unspecified atom stereocenters. The monoisotopic (exact) mass is 924 g/mol. The number of piperidine rings is 2. The number of anilines is 3. The molecule has 8 heterocycles. The summed E-state index contributed by atoms with van der Waals surface area (Å²) in [7, 11) is 0. The largest absolute Gasteiger partial charge is 0.383 e. The molecule has 5 aromatic heterocycles. The van der Waals surface area contributed by atoms with Crippen molar-refractivity contribution in [3.63, 3.8) is 0 Å². The highest BCUT2D eigenvalue weighted by Crippen LogP contribution is 2.36. The van der Waals surface area contributed by atoms with Crippen LogP contribution in [0.2, 0.25) is 0 Å². The van der Waals surface area contributed by atoms with Crippen LogP contribution in [0.1, 0.15) is 64.9 Å². The van der Waals surface area contributed by atoms with Gasteiger partial charge in [0, 0.05) is 67.3 Å². The van der Waals surface area contributed by atoms with Gasteiger partial charge in [0.1, 0.15) is 47.3 Å². The third-order valence-corrected chi connectivity index (χ3v) is 12.3. The normalized spacial score (nSPS) is 15.0. The third-order valence-electron chi connectivity index (χ3n) is 12.3. The van der Waals surface area contributed by atoms with E-state index in [0.717, 1.165) is 36.8 Å². The topological polar surface area (TPSA) is 263 Å². The summed E-state index contributed by atoms with van der Waals surface area (Å²) in [6.45, 7) is 9.62. The number of likely N-dealkylation sites (tertiary alicyclic amines) is 2. The molecule has 69 heavy (non-hydrogen) atoms. The first-order valence-corrected chi connectivity index (χ1v) is 22.4. The Labute approximate surface area is 395 Å². The number of aliphatic imine (C=N–C) groups is 1. The number of nitrogens with zero attached hydrogens (tertiary/aromatic N) is 12. The lowest BCUT2D eigenvalue weighted by molar-refractivity contribution is -0.128. The summed E-state index contributed by atoms with van der Waals surface area (Å²) < 4.78 is 3.78. The zero-order valence-corrected chi connectivity index (χ0v) is 37.5. The molecule has 0 spiro atoms. The fourth-order valence-electron chi connectivity index (χ4n) is 8.65. The average molecular weight is 925 g/mol. The van der Waals surface area contributed by atoms with Crippen molar-refractivity contribution in [3.8, 4) is 22.5 Å². The summed E-state index contributed by atoms with van der Waals surface area (Å²) in [5, 5.41) is 16.7. The van der Waals surface area contributed by atoms with E-state index in [9.17, 15) is 19.2 Å². The average Bonchev–Trinajstić information content (AvgIpc) is 4.16. The number of pyridine rings is 1. The van der Waals surface area contributed by atoms with Crippen molar-refractivity contribution in [1.82, 2.24) is 59.6 Å². The number of amidine groups is 1. The van der Waals surface area contributed by atoms with Crippen molar-refractivity contribution >= 4 is 69.0 Å². The molecule has 3 aliphatic heterocycles. The summed E-state index contributed by atoms with van der Waals surface area (Å²) in [6, 6.07) is 19.8. The molecule has 2 fully saturated rings. The maximum absolute atomic E-state index is 12.6. The van der Waals surface area contributed by atoms with E-state index >= 15 is 0 Å². The number of nitrogens with two attached hydrogens (primary N) is 2. The Morgan fingerprint density at radius 1 is 0.609 bits per heavy atom. The third kappa shape index (κ3) is 9.53. The molecule has 0 aliphatic carbocycles. The molecule has 20 heteroatoms. The molecule has 10 rings (SSSR count). The Balaban J connectivity index is 0.000000172. The van der Waals surface area contributed by atoms with Crippen LogP contribution < -0.4 is 22.1 Å². The highest BCUT2D eigenvalue weighted by atomic mass is 16.2. The molecule has 0 saturated carbocycles. The standard InChI is InChI=1S/C25H24N8O2.C24H24N8O2/c1-2-20(34)32-13-10-18(11-14-32)33-24-21(23(26)28-15-29-24)22(31-33)16-6-8-17(9-7-16)25(35)30-19-5-3-4-12-27-19;1-2-19(33)31-12-9-17(10-13-31)32-23-20(22(25)27-14-28-23)21(30-32)15-5-7-16(8-6-15)24(34)29-18-4-3-11-26-18/h2-9,12,15,18H,1,10-11,13-14H2,(H2,26,28,29)(H,27,30,35);2-3,5-8,11,14,17H,1,4,9-10,12-13H2,(H2,25,27,28)(H,26,29,34). The smallest absolute Gasteiger partial charge is 0.256 e. The molecule has 4 amide bonds. The predicted octanol–water partition coefficient (Wildman–Crippen LogP) is 5.54. The molecule has 0 bridgehead atoms. The van der Waals surface area contributed by atoms with Gasteiger partial charge in [-0.3, -0.25) is 19.2 Å². The van der Waals surface area contributed by atoms with Crippen molar-refractivity contribution in [3.05, 3.63) is 134 Å². The number of rotatable bonds is 9. The lowest BCUT2D eigenvalue weighted by atomic mass is 10.0. The van der Waals surface area contributed by atoms with Crippen LogP contribution in [-0.4, -0.2) is 110 Å². The Bertz CT molecular complexity index is 3150. The van der Waals surface area contributed by atoms with Crippen LogP contribution in [0.5, 0.6) is 0 Å². The molecule has 0 radical (unpaired) electrons. The number of amides is 4. The van der Waals surface area contributed by atoms with E-state index in [1.54, 1.807) is 64.7 Å². The Morgan fingerprint density at radius 2 is 1.09 bits per heavy atom. The highest BCUT2D eigenvalue weighted by molar-refractivity contribution is 6.08. The number of nitrogens with one attached hydrogen (secondary N) is 2. The molecule has 20 nitrogen and oxygen atoms in total. The van der Waals surface area contributed by atoms with Gasteiger partial charge in [-0.2, -0.15) is 10.2 Å². The molecule has 3 aliphatic rings. The number of hydrogen-bond donors (Lipinski definition) is 4. The number of carbonyl (C=O) groups is 4. The minimum Gasteiger partial charge on any atom is -0.383 e. The molecular formula is C49H48N16O4. The minimum absolute atomic E-state index is 0.0589. The van der Waals surface area contributed by atoms with E-state index < -0.39 is 0 Å². The van der Waals surface area contributed by atoms with Crippen molar-refractivity contribution in [1.29, 1.82) is 0 Å². The van der Waals surface area contributed by atoms with Gasteiger partial charge in [0.2, 0.25) is 11.8 Å². The first kappa shape index (κ1) is 45.2. The maximum atomic E-state index is 12.6. The lowest BCUT2D eigenvalue weighted by Crippen LogP contribution is -2.38. The van der Waals surface area contributed by atoms with Crippen molar-refractivity contribution in [2.75, 3.05) is 43.0 Å². The molecule has 2 aromatic carbocycles. The first-order valence-electron chi connectivity index (χ1n) is 22.4. The van der Waals surface area contributed by atoms with Gasteiger partial charge in [0.15, 0.2) is 11.3 Å². The molecule has 0 atom stereocenters. The zero-order chi connectivity index (χ0) is 48.0. The lowest BCUT2D eigenvalue weighted by Gasteiger charge is -2.31. The van der Waals surface area contributed by atoms with Crippen LogP contribution >= 0.6 is 0 Å². The number of nitrogen functional groups attached to an aromatic ring is 2. The Kier molecular flexibility index (Phi) is 13.0. The molecular weight excluding hydrogens is 877 g/mol. The van der Waals surface area contributed by atoms with E-state index in [0.29, 0.717) is 100 Å². The van der Waals surface area contributed by atoms with Gasteiger partial charge >= 0.3 is 0 Å². The van der Waals surface area contributed by atoms with E-state index in [-0.39, 0.29) is 35.7 Å². The predicted molar refractivity (Wildman–Crippen MR) is 261 cm³/mol. The van der Waals surface area contributed by atoms with Crippen LogP contribution in [0, 0.1) is 0 Å². The highest BCUT2D eigenvalue weighted by Gasteiger charge is 2.29. The van der Waals surface area contributed by atoms with E-state index in [4.69, 9.17) is 21.7 Å². The van der Waals surface area contributed by atoms with Gasteiger partial charge in [-0.1, -0.05) is 49.6 Å². The number of hydrogen-bond acceptors (Lipinski definition) is 14. The van der Waals surface area contributed by atoms with Crippen molar-refractivity contribution < 1.29 is 19.2 Å². The van der Waals surface area contributed by atoms with Crippen LogP contribution in [0.3, 0.4) is 0 Å². The van der Waals surface area contributed by atoms with Gasteiger partial charge in [0.25, 0.3) is 11.8 Å². The number of aromatic nitrogens is 9. The minimum atomic E-state index is -0.255. The van der Waals surface area contributed by atoms with Gasteiger partial charge in [0.05, 0.1) is 22.9 Å². The number of fused-ring (bicyclic) bond motifs is 2. The molecule has 2 saturated heterocycles. The molecule has 7 aromatic rings. The van der Waals surface area contributed by atoms with Crippen LogP contribution in [0.4, 0.5) is 17.5 Å². The van der Waals surface area contributed by atoms with Crippen molar-refractivity contribution in [2.24, 2.45) is 4.99 Å². The second kappa shape index (κ2) is 19.9. The fraction of sp³-hybridized carbons (Fsp3) is 0.224. The quantitative estimate of drug-likeness (QED) is 0.130. The molecule has 348 valence electrons. The van der Waals surface area contributed by atoms with Crippen LogP contribution in [0.15, 0.2) is 128 Å². The molecule has 6 N–H and O–H groups in total. The Hall–Kier alpha value is -8.94. The summed E-state index contributed by atoms with van der Waals surface area (Å²) >= 11 is 0. The zero-order valence-electron chi connectivity index (χ0n) is 37.5. The summed E-state index contributed by atoms with van der Waals surface area (Å²) in [5.41, 5.74) is 17.7. The second-order valence-corrected chi connectivity index (χ2v) is 16.5. The first-order chi connectivity index (χ1) is 33.6. The van der Waals surface area contributed by atoms with Gasteiger partial charge < -0.3 is 31.9 Å². The summed E-state index contributed by atoms with van der Waals surface area (Å²) in [6.07, 6.45) is 14.3. The van der Waals surface area contributed by atoms with E-state index in [1.165, 1.54) is 24.8 Å².